The van der Waals surface area contributed by atoms with Crippen molar-refractivity contribution in [3.05, 3.63) is 29.3 Å². The van der Waals surface area contributed by atoms with Crippen molar-refractivity contribution in [1.29, 1.82) is 0 Å². The molecule has 1 heterocycles. The second-order valence-electron chi connectivity index (χ2n) is 7.37. The molecule has 0 amide bonds. The second kappa shape index (κ2) is 5.62. The quantitative estimate of drug-likeness (QED) is 0.894. The molecule has 0 atom stereocenters. The lowest BCUT2D eigenvalue weighted by Gasteiger charge is -2.32. The fourth-order valence-corrected chi connectivity index (χ4v) is 3.60. The SMILES string of the molecule is CC1(C)Cc2cc(CNCC3(O)CCCCC3)ccc2O1. The molecule has 3 rings (SSSR count). The van der Waals surface area contributed by atoms with E-state index in [2.05, 4.69) is 37.4 Å². The van der Waals surface area contributed by atoms with E-state index < -0.39 is 5.60 Å². The summed E-state index contributed by atoms with van der Waals surface area (Å²) in [5, 5.41) is 13.9. The Morgan fingerprint density at radius 2 is 1.95 bits per heavy atom. The topological polar surface area (TPSA) is 41.5 Å². The highest BCUT2D eigenvalue weighted by atomic mass is 16.5. The summed E-state index contributed by atoms with van der Waals surface area (Å²) >= 11 is 0. The predicted octanol–water partition coefficient (Wildman–Crippen LogP) is 3.18. The van der Waals surface area contributed by atoms with Crippen LogP contribution in [0.3, 0.4) is 0 Å². The number of benzene rings is 1. The summed E-state index contributed by atoms with van der Waals surface area (Å²) < 4.78 is 5.90. The summed E-state index contributed by atoms with van der Waals surface area (Å²) in [6.45, 7) is 5.77. The van der Waals surface area contributed by atoms with Crippen molar-refractivity contribution in [2.24, 2.45) is 0 Å². The van der Waals surface area contributed by atoms with E-state index in [1.165, 1.54) is 17.5 Å². The molecule has 0 bridgehead atoms. The lowest BCUT2D eigenvalue weighted by molar-refractivity contribution is 0.00467. The summed E-state index contributed by atoms with van der Waals surface area (Å²) in [5.74, 6) is 1.02. The average molecular weight is 289 g/mol. The summed E-state index contributed by atoms with van der Waals surface area (Å²) in [7, 11) is 0. The van der Waals surface area contributed by atoms with Crippen LogP contribution in [0.25, 0.3) is 0 Å². The van der Waals surface area contributed by atoms with Crippen LogP contribution in [0.5, 0.6) is 5.75 Å². The van der Waals surface area contributed by atoms with Crippen LogP contribution in [-0.4, -0.2) is 22.9 Å². The minimum Gasteiger partial charge on any atom is -0.487 e. The highest BCUT2D eigenvalue weighted by Crippen LogP contribution is 2.35. The Balaban J connectivity index is 1.55. The predicted molar refractivity (Wildman–Crippen MR) is 84.6 cm³/mol. The Labute approximate surface area is 127 Å². The van der Waals surface area contributed by atoms with E-state index in [-0.39, 0.29) is 5.60 Å². The van der Waals surface area contributed by atoms with Gasteiger partial charge in [0.2, 0.25) is 0 Å². The molecule has 0 radical (unpaired) electrons. The van der Waals surface area contributed by atoms with Gasteiger partial charge in [-0.25, -0.2) is 0 Å². The van der Waals surface area contributed by atoms with Crippen LogP contribution in [0.4, 0.5) is 0 Å². The third-order valence-corrected chi connectivity index (χ3v) is 4.69. The van der Waals surface area contributed by atoms with Crippen molar-refractivity contribution in [3.63, 3.8) is 0 Å². The molecule has 2 N–H and O–H groups in total. The Morgan fingerprint density at radius 1 is 1.19 bits per heavy atom. The van der Waals surface area contributed by atoms with Gasteiger partial charge in [0, 0.05) is 19.5 Å². The number of fused-ring (bicyclic) bond motifs is 1. The molecule has 21 heavy (non-hydrogen) atoms. The van der Waals surface area contributed by atoms with E-state index in [0.717, 1.165) is 44.4 Å². The third-order valence-electron chi connectivity index (χ3n) is 4.69. The summed E-state index contributed by atoms with van der Waals surface area (Å²) in [6, 6.07) is 6.44. The maximum Gasteiger partial charge on any atom is 0.123 e. The molecule has 0 unspecified atom stereocenters. The van der Waals surface area contributed by atoms with E-state index >= 15 is 0 Å². The molecule has 2 aliphatic rings. The molecule has 0 saturated heterocycles. The molecular formula is C18H27NO2. The van der Waals surface area contributed by atoms with Crippen molar-refractivity contribution in [2.45, 2.75) is 70.1 Å². The van der Waals surface area contributed by atoms with Gasteiger partial charge in [-0.05, 0) is 43.9 Å². The molecule has 3 nitrogen and oxygen atoms in total. The Kier molecular flexibility index (Phi) is 3.98. The third kappa shape index (κ3) is 3.58. The normalized spacial score (nSPS) is 22.6. The Morgan fingerprint density at radius 3 is 2.71 bits per heavy atom. The molecule has 0 aromatic heterocycles. The number of rotatable bonds is 4. The monoisotopic (exact) mass is 289 g/mol. The standard InChI is InChI=1S/C18H27NO2/c1-17(2)11-15-10-14(6-7-16(15)21-17)12-19-13-18(20)8-4-3-5-9-18/h6-7,10,19-20H,3-5,8-9,11-13H2,1-2H3. The van der Waals surface area contributed by atoms with E-state index in [1.807, 2.05) is 0 Å². The van der Waals surface area contributed by atoms with Crippen LogP contribution in [0, 0.1) is 0 Å². The molecular weight excluding hydrogens is 262 g/mol. The van der Waals surface area contributed by atoms with E-state index in [4.69, 9.17) is 4.74 Å². The zero-order chi connectivity index (χ0) is 14.9. The van der Waals surface area contributed by atoms with E-state index in [9.17, 15) is 5.11 Å². The van der Waals surface area contributed by atoms with Crippen LogP contribution in [-0.2, 0) is 13.0 Å². The van der Waals surface area contributed by atoms with Gasteiger partial charge in [-0.3, -0.25) is 0 Å². The molecule has 1 aromatic rings. The van der Waals surface area contributed by atoms with Gasteiger partial charge >= 0.3 is 0 Å². The first-order chi connectivity index (χ1) is 9.96. The lowest BCUT2D eigenvalue weighted by Crippen LogP contribution is -2.41. The van der Waals surface area contributed by atoms with Crippen molar-refractivity contribution in [3.8, 4) is 5.75 Å². The fourth-order valence-electron chi connectivity index (χ4n) is 3.60. The molecule has 1 aliphatic carbocycles. The lowest BCUT2D eigenvalue weighted by atomic mass is 9.85. The number of ether oxygens (including phenoxy) is 1. The molecule has 3 heteroatoms. The van der Waals surface area contributed by atoms with Crippen molar-refractivity contribution >= 4 is 0 Å². The zero-order valence-corrected chi connectivity index (χ0v) is 13.2. The van der Waals surface area contributed by atoms with Crippen LogP contribution in [0.15, 0.2) is 18.2 Å². The molecule has 1 aliphatic heterocycles. The molecule has 1 saturated carbocycles. The van der Waals surface area contributed by atoms with Gasteiger partial charge in [0.05, 0.1) is 5.60 Å². The van der Waals surface area contributed by atoms with Gasteiger partial charge in [-0.2, -0.15) is 0 Å². The summed E-state index contributed by atoms with van der Waals surface area (Å²) in [4.78, 5) is 0. The second-order valence-corrected chi connectivity index (χ2v) is 7.37. The van der Waals surface area contributed by atoms with Crippen molar-refractivity contribution < 1.29 is 9.84 Å². The summed E-state index contributed by atoms with van der Waals surface area (Å²) in [6.07, 6.45) is 6.42. The van der Waals surface area contributed by atoms with Gasteiger partial charge in [-0.1, -0.05) is 31.4 Å². The maximum absolute atomic E-state index is 10.5. The van der Waals surface area contributed by atoms with Gasteiger partial charge in [0.1, 0.15) is 11.4 Å². The van der Waals surface area contributed by atoms with Gasteiger partial charge in [0.15, 0.2) is 0 Å². The van der Waals surface area contributed by atoms with Crippen LogP contribution >= 0.6 is 0 Å². The highest BCUT2D eigenvalue weighted by molar-refractivity contribution is 5.41. The smallest absolute Gasteiger partial charge is 0.123 e. The summed E-state index contributed by atoms with van der Waals surface area (Å²) in [5.41, 5.74) is 2.01. The number of aliphatic hydroxyl groups is 1. The largest absolute Gasteiger partial charge is 0.487 e. The maximum atomic E-state index is 10.5. The first-order valence-electron chi connectivity index (χ1n) is 8.20. The van der Waals surface area contributed by atoms with Gasteiger partial charge in [-0.15, -0.1) is 0 Å². The minimum atomic E-state index is -0.486. The van der Waals surface area contributed by atoms with Crippen LogP contribution < -0.4 is 10.1 Å². The van der Waals surface area contributed by atoms with Crippen LogP contribution in [0.1, 0.15) is 57.1 Å². The van der Waals surface area contributed by atoms with Crippen LogP contribution in [0.2, 0.25) is 0 Å². The first kappa shape index (κ1) is 14.9. The van der Waals surface area contributed by atoms with E-state index in [1.54, 1.807) is 0 Å². The van der Waals surface area contributed by atoms with Gasteiger partial charge in [0.25, 0.3) is 0 Å². The Hall–Kier alpha value is -1.06. The molecule has 1 aromatic carbocycles. The number of nitrogens with one attached hydrogen (secondary N) is 1. The Bertz CT molecular complexity index is 504. The average Bonchev–Trinajstić information content (AvgIpc) is 2.72. The van der Waals surface area contributed by atoms with Gasteiger partial charge < -0.3 is 15.2 Å². The highest BCUT2D eigenvalue weighted by Gasteiger charge is 2.30. The molecule has 1 fully saturated rings. The fraction of sp³-hybridized carbons (Fsp3) is 0.667. The number of hydrogen-bond donors (Lipinski definition) is 2. The van der Waals surface area contributed by atoms with E-state index in [0.29, 0.717) is 6.54 Å². The number of hydrogen-bond acceptors (Lipinski definition) is 3. The molecule has 116 valence electrons. The zero-order valence-electron chi connectivity index (χ0n) is 13.2. The first-order valence-corrected chi connectivity index (χ1v) is 8.20. The molecule has 0 spiro atoms. The minimum absolute atomic E-state index is 0.0777. The van der Waals surface area contributed by atoms with Crippen molar-refractivity contribution in [1.82, 2.24) is 5.32 Å². The van der Waals surface area contributed by atoms with Crippen molar-refractivity contribution in [2.75, 3.05) is 6.54 Å².